The van der Waals surface area contributed by atoms with Crippen LogP contribution in [-0.2, 0) is 11.2 Å². The van der Waals surface area contributed by atoms with E-state index in [-0.39, 0.29) is 30.1 Å². The number of rotatable bonds is 6. The van der Waals surface area contributed by atoms with Gasteiger partial charge in [0.15, 0.2) is 0 Å². The number of carboxylic acid groups (broad SMARTS) is 1. The molecule has 166 valence electrons. The molecular weight excluding hydrogens is 401 g/mol. The minimum Gasteiger partial charge on any atom is -0.491 e. The predicted octanol–water partition coefficient (Wildman–Crippen LogP) is 4.91. The summed E-state index contributed by atoms with van der Waals surface area (Å²) in [4.78, 5) is 25.8. The molecule has 6 nitrogen and oxygen atoms in total. The van der Waals surface area contributed by atoms with E-state index in [9.17, 15) is 14.0 Å². The number of hydrogen-bond donors (Lipinski definition) is 1. The van der Waals surface area contributed by atoms with Gasteiger partial charge in [0.1, 0.15) is 23.8 Å². The third-order valence-electron chi connectivity index (χ3n) is 5.13. The van der Waals surface area contributed by atoms with E-state index in [1.54, 1.807) is 41.3 Å². The summed E-state index contributed by atoms with van der Waals surface area (Å²) < 4.78 is 24.8. The van der Waals surface area contributed by atoms with Crippen molar-refractivity contribution in [3.05, 3.63) is 65.5 Å². The van der Waals surface area contributed by atoms with Crippen molar-refractivity contribution in [2.24, 2.45) is 0 Å². The molecule has 1 aliphatic heterocycles. The molecule has 0 aromatic heterocycles. The number of benzene rings is 2. The van der Waals surface area contributed by atoms with Crippen LogP contribution in [0.5, 0.6) is 5.75 Å². The Balaban J connectivity index is 1.74. The molecule has 7 heteroatoms. The zero-order valence-corrected chi connectivity index (χ0v) is 18.0. The third-order valence-corrected chi connectivity index (χ3v) is 5.13. The molecule has 1 heterocycles. The molecule has 1 N–H and O–H groups in total. The maximum atomic E-state index is 13.4. The molecule has 2 aromatic carbocycles. The summed E-state index contributed by atoms with van der Waals surface area (Å²) in [5, 5.41) is 9.08. The van der Waals surface area contributed by atoms with Crippen molar-refractivity contribution in [1.82, 2.24) is 4.90 Å². The highest BCUT2D eigenvalue weighted by atomic mass is 19.1. The quantitative estimate of drug-likeness (QED) is 0.706. The van der Waals surface area contributed by atoms with E-state index >= 15 is 0 Å². The normalized spacial score (nSPS) is 18.6. The smallest absolute Gasteiger partial charge is 0.410 e. The zero-order valence-electron chi connectivity index (χ0n) is 18.0. The molecule has 0 saturated carbocycles. The summed E-state index contributed by atoms with van der Waals surface area (Å²) in [7, 11) is 0. The molecule has 2 aromatic rings. The second-order valence-electron chi connectivity index (χ2n) is 8.75. The Morgan fingerprint density at radius 3 is 2.39 bits per heavy atom. The first-order valence-corrected chi connectivity index (χ1v) is 10.3. The molecule has 0 bridgehead atoms. The Hall–Kier alpha value is -3.09. The number of ether oxygens (including phenoxy) is 2. The van der Waals surface area contributed by atoms with Crippen LogP contribution < -0.4 is 4.74 Å². The molecule has 31 heavy (non-hydrogen) atoms. The summed E-state index contributed by atoms with van der Waals surface area (Å²) in [5.41, 5.74) is 0.525. The Morgan fingerprint density at radius 2 is 1.77 bits per heavy atom. The van der Waals surface area contributed by atoms with Gasteiger partial charge >= 0.3 is 12.1 Å². The molecule has 0 spiro atoms. The van der Waals surface area contributed by atoms with Gasteiger partial charge in [0.25, 0.3) is 0 Å². The van der Waals surface area contributed by atoms with E-state index in [1.165, 1.54) is 12.1 Å². The maximum Gasteiger partial charge on any atom is 0.410 e. The molecular formula is C24H28FNO5. The second kappa shape index (κ2) is 9.37. The molecule has 1 aliphatic rings. The lowest BCUT2D eigenvalue weighted by Crippen LogP contribution is -2.47. The fourth-order valence-electron chi connectivity index (χ4n) is 3.74. The molecule has 0 unspecified atom stereocenters. The average Bonchev–Trinajstić information content (AvgIpc) is 3.08. The van der Waals surface area contributed by atoms with Crippen molar-refractivity contribution < 1.29 is 28.6 Å². The molecule has 1 amide bonds. The summed E-state index contributed by atoms with van der Waals surface area (Å²) in [5.74, 6) is -0.940. The van der Waals surface area contributed by atoms with Crippen LogP contribution in [0, 0.1) is 5.82 Å². The number of hydrogen-bond acceptors (Lipinski definition) is 4. The average molecular weight is 429 g/mol. The van der Waals surface area contributed by atoms with Gasteiger partial charge in [0, 0.05) is 12.1 Å². The molecule has 0 aliphatic carbocycles. The van der Waals surface area contributed by atoms with E-state index in [2.05, 4.69) is 0 Å². The van der Waals surface area contributed by atoms with Crippen LogP contribution >= 0.6 is 0 Å². The van der Waals surface area contributed by atoms with Gasteiger partial charge in [0.2, 0.25) is 0 Å². The van der Waals surface area contributed by atoms with Gasteiger partial charge < -0.3 is 14.6 Å². The van der Waals surface area contributed by atoms with Gasteiger partial charge in [-0.25, -0.2) is 14.0 Å². The molecule has 0 radical (unpaired) electrons. The van der Waals surface area contributed by atoms with E-state index in [0.717, 1.165) is 18.4 Å². The monoisotopic (exact) mass is 429 g/mol. The van der Waals surface area contributed by atoms with Gasteiger partial charge in [0.05, 0.1) is 11.6 Å². The van der Waals surface area contributed by atoms with Gasteiger partial charge in [-0.3, -0.25) is 4.90 Å². The lowest BCUT2D eigenvalue weighted by Gasteiger charge is -2.32. The molecule has 3 rings (SSSR count). The molecule has 1 saturated heterocycles. The lowest BCUT2D eigenvalue weighted by molar-refractivity contribution is 0.0102. The fraction of sp³-hybridized carbons (Fsp3) is 0.417. The van der Waals surface area contributed by atoms with Crippen LogP contribution in [0.2, 0.25) is 0 Å². The minimum atomic E-state index is -0.975. The number of likely N-dealkylation sites (tertiary alicyclic amines) is 1. The second-order valence-corrected chi connectivity index (χ2v) is 8.75. The van der Waals surface area contributed by atoms with E-state index < -0.39 is 17.7 Å². The Kier molecular flexibility index (Phi) is 6.83. The van der Waals surface area contributed by atoms with Gasteiger partial charge in [-0.05, 0) is 69.9 Å². The topological polar surface area (TPSA) is 76.1 Å². The highest BCUT2D eigenvalue weighted by Crippen LogP contribution is 2.30. The largest absolute Gasteiger partial charge is 0.491 e. The van der Waals surface area contributed by atoms with Gasteiger partial charge in [-0.15, -0.1) is 0 Å². The Bertz CT molecular complexity index is 922. The first kappa shape index (κ1) is 22.6. The highest BCUT2D eigenvalue weighted by Gasteiger charge is 2.39. The first-order valence-electron chi connectivity index (χ1n) is 10.3. The van der Waals surface area contributed by atoms with Crippen molar-refractivity contribution in [1.29, 1.82) is 0 Å². The SMILES string of the molecule is CC(C)(C)OC(=O)N1[C@@H](COc2cccc(F)c2)CC[C@H]1Cc1ccc(C(=O)O)cc1. The minimum absolute atomic E-state index is 0.105. The number of halogens is 1. The predicted molar refractivity (Wildman–Crippen MR) is 114 cm³/mol. The van der Waals surface area contributed by atoms with Crippen molar-refractivity contribution in [3.63, 3.8) is 0 Å². The number of carbonyl (C=O) groups is 2. The van der Waals surface area contributed by atoms with Crippen LogP contribution in [0.25, 0.3) is 0 Å². The van der Waals surface area contributed by atoms with Crippen LogP contribution in [0.15, 0.2) is 48.5 Å². The molecule has 1 fully saturated rings. The van der Waals surface area contributed by atoms with E-state index in [4.69, 9.17) is 14.6 Å². The van der Waals surface area contributed by atoms with Crippen LogP contribution in [0.1, 0.15) is 49.5 Å². The number of nitrogens with zero attached hydrogens (tertiary/aromatic N) is 1. The summed E-state index contributed by atoms with van der Waals surface area (Å²) in [6.07, 6.45) is 1.66. The summed E-state index contributed by atoms with van der Waals surface area (Å²) in [6, 6.07) is 12.3. The van der Waals surface area contributed by atoms with Crippen molar-refractivity contribution in [3.8, 4) is 5.75 Å². The summed E-state index contributed by atoms with van der Waals surface area (Å²) in [6.45, 7) is 5.69. The maximum absolute atomic E-state index is 13.4. The number of amides is 1. The Labute approximate surface area is 181 Å². The number of carbonyl (C=O) groups excluding carboxylic acids is 1. The zero-order chi connectivity index (χ0) is 22.6. The van der Waals surface area contributed by atoms with Crippen molar-refractivity contribution >= 4 is 12.1 Å². The van der Waals surface area contributed by atoms with E-state index in [1.807, 2.05) is 20.8 Å². The van der Waals surface area contributed by atoms with Crippen molar-refractivity contribution in [2.45, 2.75) is 57.7 Å². The number of carboxylic acids is 1. The van der Waals surface area contributed by atoms with Crippen LogP contribution in [0.3, 0.4) is 0 Å². The third kappa shape index (κ3) is 6.20. The van der Waals surface area contributed by atoms with Crippen LogP contribution in [0.4, 0.5) is 9.18 Å². The first-order chi connectivity index (χ1) is 14.6. The van der Waals surface area contributed by atoms with Gasteiger partial charge in [-0.2, -0.15) is 0 Å². The summed E-state index contributed by atoms with van der Waals surface area (Å²) >= 11 is 0. The van der Waals surface area contributed by atoms with E-state index in [0.29, 0.717) is 12.2 Å². The molecule has 2 atom stereocenters. The van der Waals surface area contributed by atoms with Crippen molar-refractivity contribution in [2.75, 3.05) is 6.61 Å². The fourth-order valence-corrected chi connectivity index (χ4v) is 3.74. The Morgan fingerprint density at radius 1 is 1.10 bits per heavy atom. The number of aromatic carboxylic acids is 1. The van der Waals surface area contributed by atoms with Gasteiger partial charge in [-0.1, -0.05) is 18.2 Å². The highest BCUT2D eigenvalue weighted by molar-refractivity contribution is 5.87. The van der Waals surface area contributed by atoms with Crippen LogP contribution in [-0.4, -0.2) is 46.4 Å². The standard InChI is InChI=1S/C24H28FNO5/c1-24(2,3)31-23(29)26-19(13-16-7-9-17(10-8-16)22(27)28)11-12-20(26)15-30-21-6-4-5-18(25)14-21/h4-10,14,19-20H,11-13,15H2,1-3H3,(H,27,28)/t19-,20+/m0/s1. The lowest BCUT2D eigenvalue weighted by atomic mass is 10.0.